The molecule has 1 nitrogen and oxygen atoms in total. The van der Waals surface area contributed by atoms with Crippen molar-refractivity contribution in [3.8, 4) is 11.1 Å². The molecule has 1 aromatic heterocycles. The monoisotopic (exact) mass is 205 g/mol. The van der Waals surface area contributed by atoms with Crippen LogP contribution in [0.5, 0.6) is 0 Å². The van der Waals surface area contributed by atoms with Crippen molar-refractivity contribution >= 4 is 0 Å². The van der Waals surface area contributed by atoms with E-state index >= 15 is 0 Å². The van der Waals surface area contributed by atoms with E-state index in [1.807, 2.05) is 0 Å². The van der Waals surface area contributed by atoms with Crippen LogP contribution in [0.15, 0.2) is 36.7 Å². The first-order chi connectivity index (χ1) is 7.18. The normalized spacial score (nSPS) is 10.3. The zero-order valence-corrected chi connectivity index (χ0v) is 8.17. The summed E-state index contributed by atoms with van der Waals surface area (Å²) in [6.07, 6.45) is 2.69. The second-order valence-corrected chi connectivity index (χ2v) is 3.30. The van der Waals surface area contributed by atoms with Crippen LogP contribution in [-0.2, 0) is 0 Å². The first-order valence-corrected chi connectivity index (χ1v) is 4.54. The van der Waals surface area contributed by atoms with E-state index < -0.39 is 0 Å². The molecule has 0 atom stereocenters. The third-order valence-electron chi connectivity index (χ3n) is 2.29. The number of halogens is 2. The Bertz CT molecular complexity index is 495. The second-order valence-electron chi connectivity index (χ2n) is 3.30. The fraction of sp³-hybridized carbons (Fsp3) is 0.0833. The molecule has 0 bridgehead atoms. The lowest BCUT2D eigenvalue weighted by Gasteiger charge is -2.05. The summed E-state index contributed by atoms with van der Waals surface area (Å²) >= 11 is 0. The number of pyridine rings is 1. The van der Waals surface area contributed by atoms with Crippen molar-refractivity contribution < 1.29 is 8.78 Å². The van der Waals surface area contributed by atoms with Gasteiger partial charge in [0, 0.05) is 11.8 Å². The van der Waals surface area contributed by atoms with E-state index in [1.54, 1.807) is 19.1 Å². The van der Waals surface area contributed by atoms with E-state index in [2.05, 4.69) is 4.98 Å². The molecule has 76 valence electrons. The lowest BCUT2D eigenvalue weighted by molar-refractivity contribution is 0.612. The fourth-order valence-corrected chi connectivity index (χ4v) is 1.45. The van der Waals surface area contributed by atoms with Gasteiger partial charge in [-0.15, -0.1) is 0 Å². The van der Waals surface area contributed by atoms with Crippen molar-refractivity contribution in [1.29, 1.82) is 0 Å². The van der Waals surface area contributed by atoms with Gasteiger partial charge in [-0.2, -0.15) is 0 Å². The van der Waals surface area contributed by atoms with Gasteiger partial charge in [0.15, 0.2) is 0 Å². The summed E-state index contributed by atoms with van der Waals surface area (Å²) in [7, 11) is 0. The molecule has 15 heavy (non-hydrogen) atoms. The predicted molar refractivity (Wildman–Crippen MR) is 54.3 cm³/mol. The zero-order valence-electron chi connectivity index (χ0n) is 8.17. The standard InChI is InChI=1S/C12H9F2N/c1-8-11(6-15-7-12(8)14)9-3-2-4-10(13)5-9/h2-7H,1H3. The SMILES string of the molecule is Cc1c(F)cncc1-c1cccc(F)c1. The van der Waals surface area contributed by atoms with E-state index in [4.69, 9.17) is 0 Å². The molecule has 0 fully saturated rings. The molecule has 0 spiro atoms. The molecule has 2 aromatic rings. The van der Waals surface area contributed by atoms with E-state index in [9.17, 15) is 8.78 Å². The first-order valence-electron chi connectivity index (χ1n) is 4.54. The molecule has 0 aliphatic rings. The predicted octanol–water partition coefficient (Wildman–Crippen LogP) is 3.34. The smallest absolute Gasteiger partial charge is 0.145 e. The van der Waals surface area contributed by atoms with E-state index in [0.717, 1.165) is 6.20 Å². The highest BCUT2D eigenvalue weighted by Crippen LogP contribution is 2.24. The highest BCUT2D eigenvalue weighted by atomic mass is 19.1. The Morgan fingerprint density at radius 2 is 1.93 bits per heavy atom. The largest absolute Gasteiger partial charge is 0.261 e. The van der Waals surface area contributed by atoms with Crippen LogP contribution in [0.2, 0.25) is 0 Å². The van der Waals surface area contributed by atoms with Crippen LogP contribution in [0.3, 0.4) is 0 Å². The number of hydrogen-bond donors (Lipinski definition) is 0. The Balaban J connectivity index is 2.59. The maximum Gasteiger partial charge on any atom is 0.145 e. The van der Waals surface area contributed by atoms with Crippen molar-refractivity contribution in [1.82, 2.24) is 4.98 Å². The summed E-state index contributed by atoms with van der Waals surface area (Å²) in [6.45, 7) is 1.65. The van der Waals surface area contributed by atoms with E-state index in [1.165, 1.54) is 18.3 Å². The average Bonchev–Trinajstić information content (AvgIpc) is 2.22. The topological polar surface area (TPSA) is 12.9 Å². The molecule has 0 unspecified atom stereocenters. The van der Waals surface area contributed by atoms with Crippen molar-refractivity contribution in [3.05, 3.63) is 53.9 Å². The molecule has 0 radical (unpaired) electrons. The molecular formula is C12H9F2N. The summed E-state index contributed by atoms with van der Waals surface area (Å²) in [5.41, 5.74) is 1.74. The summed E-state index contributed by atoms with van der Waals surface area (Å²) < 4.78 is 26.2. The molecule has 3 heteroatoms. The summed E-state index contributed by atoms with van der Waals surface area (Å²) in [4.78, 5) is 3.75. The first kappa shape index (κ1) is 9.77. The third-order valence-corrected chi connectivity index (χ3v) is 2.29. The van der Waals surface area contributed by atoms with Crippen LogP contribution < -0.4 is 0 Å². The number of nitrogens with zero attached hydrogens (tertiary/aromatic N) is 1. The maximum atomic E-state index is 13.2. The van der Waals surface area contributed by atoms with Crippen LogP contribution in [-0.4, -0.2) is 4.98 Å². The number of hydrogen-bond acceptors (Lipinski definition) is 1. The van der Waals surface area contributed by atoms with Gasteiger partial charge in [0.25, 0.3) is 0 Å². The van der Waals surface area contributed by atoms with E-state index in [-0.39, 0.29) is 11.6 Å². The van der Waals surface area contributed by atoms with Gasteiger partial charge in [-0.05, 0) is 30.2 Å². The quantitative estimate of drug-likeness (QED) is 0.695. The number of aromatic nitrogens is 1. The average molecular weight is 205 g/mol. The number of benzene rings is 1. The van der Waals surface area contributed by atoms with Crippen LogP contribution in [0.25, 0.3) is 11.1 Å². The van der Waals surface area contributed by atoms with Gasteiger partial charge < -0.3 is 0 Å². The molecule has 0 saturated carbocycles. The molecular weight excluding hydrogens is 196 g/mol. The molecule has 0 aliphatic heterocycles. The Kier molecular flexibility index (Phi) is 2.46. The van der Waals surface area contributed by atoms with Gasteiger partial charge in [-0.3, -0.25) is 4.98 Å². The molecule has 0 aliphatic carbocycles. The van der Waals surface area contributed by atoms with Crippen molar-refractivity contribution in [3.63, 3.8) is 0 Å². The highest BCUT2D eigenvalue weighted by molar-refractivity contribution is 5.66. The Labute approximate surface area is 86.4 Å². The number of rotatable bonds is 1. The Morgan fingerprint density at radius 1 is 1.13 bits per heavy atom. The van der Waals surface area contributed by atoms with Crippen molar-refractivity contribution in [2.45, 2.75) is 6.92 Å². The summed E-state index contributed by atoms with van der Waals surface area (Å²) in [6, 6.07) is 6.04. The minimum Gasteiger partial charge on any atom is -0.261 e. The minimum absolute atomic E-state index is 0.337. The van der Waals surface area contributed by atoms with Gasteiger partial charge in [0.1, 0.15) is 11.6 Å². The third kappa shape index (κ3) is 1.86. The molecule has 1 heterocycles. The van der Waals surface area contributed by atoms with Gasteiger partial charge in [-0.1, -0.05) is 12.1 Å². The van der Waals surface area contributed by atoms with Crippen LogP contribution in [0.4, 0.5) is 8.78 Å². The van der Waals surface area contributed by atoms with Crippen molar-refractivity contribution in [2.75, 3.05) is 0 Å². The van der Waals surface area contributed by atoms with Crippen LogP contribution in [0, 0.1) is 18.6 Å². The lowest BCUT2D eigenvalue weighted by Crippen LogP contribution is -1.90. The molecule has 0 saturated heterocycles. The maximum absolute atomic E-state index is 13.2. The highest BCUT2D eigenvalue weighted by Gasteiger charge is 2.06. The van der Waals surface area contributed by atoms with Crippen LogP contribution >= 0.6 is 0 Å². The van der Waals surface area contributed by atoms with Gasteiger partial charge in [-0.25, -0.2) is 8.78 Å². The molecule has 1 aromatic carbocycles. The molecule has 0 amide bonds. The van der Waals surface area contributed by atoms with Gasteiger partial charge in [0.2, 0.25) is 0 Å². The second kappa shape index (κ2) is 3.77. The minimum atomic E-state index is -0.378. The summed E-state index contributed by atoms with van der Waals surface area (Å²) in [5.74, 6) is -0.715. The van der Waals surface area contributed by atoms with Crippen LogP contribution in [0.1, 0.15) is 5.56 Å². The fourth-order valence-electron chi connectivity index (χ4n) is 1.45. The van der Waals surface area contributed by atoms with Crippen molar-refractivity contribution in [2.24, 2.45) is 0 Å². The lowest BCUT2D eigenvalue weighted by atomic mass is 10.0. The van der Waals surface area contributed by atoms with Gasteiger partial charge >= 0.3 is 0 Å². The molecule has 0 N–H and O–H groups in total. The van der Waals surface area contributed by atoms with E-state index in [0.29, 0.717) is 16.7 Å². The zero-order chi connectivity index (χ0) is 10.8. The summed E-state index contributed by atoms with van der Waals surface area (Å²) in [5, 5.41) is 0. The molecule has 2 rings (SSSR count). The Morgan fingerprint density at radius 3 is 2.67 bits per heavy atom. The Hall–Kier alpha value is -1.77. The van der Waals surface area contributed by atoms with Gasteiger partial charge in [0.05, 0.1) is 6.20 Å².